The smallest absolute Gasteiger partial charge is 0.244 e. The molecule has 2 N–H and O–H groups in total. The Labute approximate surface area is 125 Å². The second kappa shape index (κ2) is 5.53. The summed E-state index contributed by atoms with van der Waals surface area (Å²) in [5.74, 6) is 0.707. The Morgan fingerprint density at radius 3 is 2.71 bits per heavy atom. The van der Waals surface area contributed by atoms with Gasteiger partial charge in [0, 0.05) is 12.5 Å². The Kier molecular flexibility index (Phi) is 4.10. The zero-order chi connectivity index (χ0) is 15.7. The first-order valence-corrected chi connectivity index (χ1v) is 7.17. The normalized spacial score (nSPS) is 14.9. The Balaban J connectivity index is 2.03. The van der Waals surface area contributed by atoms with E-state index in [1.165, 1.54) is 11.6 Å². The predicted octanol–water partition coefficient (Wildman–Crippen LogP) is 2.30. The Bertz CT molecular complexity index is 568. The summed E-state index contributed by atoms with van der Waals surface area (Å²) in [6.07, 6.45) is 4.17. The summed E-state index contributed by atoms with van der Waals surface area (Å²) >= 11 is 0. The van der Waals surface area contributed by atoms with E-state index in [1.807, 2.05) is 18.2 Å². The fourth-order valence-corrected chi connectivity index (χ4v) is 1.98. The van der Waals surface area contributed by atoms with Crippen molar-refractivity contribution in [3.05, 3.63) is 35.4 Å². The summed E-state index contributed by atoms with van der Waals surface area (Å²) in [7, 11) is 0. The van der Waals surface area contributed by atoms with Gasteiger partial charge in [0.1, 0.15) is 5.75 Å². The third kappa shape index (κ3) is 3.64. The molecule has 21 heavy (non-hydrogen) atoms. The number of hydrogen-bond donors (Lipinski definition) is 2. The monoisotopic (exact) mass is 289 g/mol. The number of nitrogens with one attached hydrogen (secondary N) is 1. The minimum Gasteiger partial charge on any atom is -0.493 e. The fourth-order valence-electron chi connectivity index (χ4n) is 1.98. The quantitative estimate of drug-likeness (QED) is 0.836. The molecule has 0 aliphatic carbocycles. The molecule has 4 heteroatoms. The highest BCUT2D eigenvalue weighted by Crippen LogP contribution is 2.26. The maximum Gasteiger partial charge on any atom is 0.244 e. The van der Waals surface area contributed by atoms with Crippen LogP contribution in [0, 0.1) is 0 Å². The van der Waals surface area contributed by atoms with E-state index in [-0.39, 0.29) is 5.91 Å². The molecule has 0 bridgehead atoms. The van der Waals surface area contributed by atoms with E-state index in [2.05, 4.69) is 5.32 Å². The summed E-state index contributed by atoms with van der Waals surface area (Å²) in [6.45, 7) is 7.68. The van der Waals surface area contributed by atoms with Gasteiger partial charge in [-0.2, -0.15) is 0 Å². The van der Waals surface area contributed by atoms with Crippen molar-refractivity contribution in [1.29, 1.82) is 0 Å². The Morgan fingerprint density at radius 2 is 2.05 bits per heavy atom. The van der Waals surface area contributed by atoms with E-state index >= 15 is 0 Å². The van der Waals surface area contributed by atoms with Crippen molar-refractivity contribution in [1.82, 2.24) is 5.32 Å². The van der Waals surface area contributed by atoms with Crippen molar-refractivity contribution < 1.29 is 14.6 Å². The molecule has 0 saturated carbocycles. The standard InChI is InChI=1S/C17H23NO3/c1-16(2,17(3,4)20)18-15(19)8-6-12-5-7-14-13(11-12)9-10-21-14/h5-8,11,20H,9-10H2,1-4H3,(H,18,19)/b8-6+. The number of ether oxygens (including phenoxy) is 1. The van der Waals surface area contributed by atoms with Crippen LogP contribution >= 0.6 is 0 Å². The molecular weight excluding hydrogens is 266 g/mol. The fraction of sp³-hybridized carbons (Fsp3) is 0.471. The van der Waals surface area contributed by atoms with Crippen LogP contribution in [0.5, 0.6) is 5.75 Å². The van der Waals surface area contributed by atoms with Crippen molar-refractivity contribution in [2.24, 2.45) is 0 Å². The highest BCUT2D eigenvalue weighted by molar-refractivity contribution is 5.92. The Morgan fingerprint density at radius 1 is 1.33 bits per heavy atom. The zero-order valence-electron chi connectivity index (χ0n) is 13.1. The molecule has 1 aliphatic heterocycles. The predicted molar refractivity (Wildman–Crippen MR) is 83.2 cm³/mol. The molecule has 4 nitrogen and oxygen atoms in total. The molecule has 1 amide bonds. The van der Waals surface area contributed by atoms with Crippen LogP contribution in [-0.4, -0.2) is 28.8 Å². The van der Waals surface area contributed by atoms with Crippen LogP contribution in [0.4, 0.5) is 0 Å². The van der Waals surface area contributed by atoms with Crippen LogP contribution in [0.1, 0.15) is 38.8 Å². The van der Waals surface area contributed by atoms with Gasteiger partial charge < -0.3 is 15.2 Å². The molecule has 0 fully saturated rings. The van der Waals surface area contributed by atoms with Crippen LogP contribution in [0.2, 0.25) is 0 Å². The number of carbonyl (C=O) groups excluding carboxylic acids is 1. The van der Waals surface area contributed by atoms with Crippen molar-refractivity contribution in [2.75, 3.05) is 6.61 Å². The highest BCUT2D eigenvalue weighted by atomic mass is 16.5. The van der Waals surface area contributed by atoms with Crippen molar-refractivity contribution in [3.63, 3.8) is 0 Å². The van der Waals surface area contributed by atoms with Crippen LogP contribution in [-0.2, 0) is 11.2 Å². The number of aliphatic hydroxyl groups is 1. The van der Waals surface area contributed by atoms with Gasteiger partial charge in [-0.05, 0) is 57.0 Å². The minimum atomic E-state index is -0.999. The number of carbonyl (C=O) groups is 1. The largest absolute Gasteiger partial charge is 0.493 e. The average molecular weight is 289 g/mol. The molecule has 0 unspecified atom stereocenters. The molecule has 0 saturated heterocycles. The molecule has 0 aromatic heterocycles. The first kappa shape index (κ1) is 15.6. The summed E-state index contributed by atoms with van der Waals surface area (Å²) in [5, 5.41) is 12.9. The summed E-state index contributed by atoms with van der Waals surface area (Å²) < 4.78 is 5.45. The van der Waals surface area contributed by atoms with Gasteiger partial charge in [0.15, 0.2) is 0 Å². The van der Waals surface area contributed by atoms with E-state index in [4.69, 9.17) is 4.74 Å². The second-order valence-corrected chi connectivity index (χ2v) is 6.47. The number of benzene rings is 1. The molecule has 114 valence electrons. The molecule has 1 aromatic rings. The van der Waals surface area contributed by atoms with Crippen molar-refractivity contribution in [2.45, 2.75) is 45.3 Å². The van der Waals surface area contributed by atoms with Crippen molar-refractivity contribution >= 4 is 12.0 Å². The van der Waals surface area contributed by atoms with Gasteiger partial charge >= 0.3 is 0 Å². The van der Waals surface area contributed by atoms with Crippen LogP contribution < -0.4 is 10.1 Å². The first-order chi connectivity index (χ1) is 9.69. The molecule has 1 aliphatic rings. The topological polar surface area (TPSA) is 58.6 Å². The molecule has 0 atom stereocenters. The maximum absolute atomic E-state index is 12.0. The third-order valence-corrected chi connectivity index (χ3v) is 4.11. The molecule has 2 rings (SSSR count). The van der Waals surface area contributed by atoms with E-state index in [0.717, 1.165) is 24.3 Å². The van der Waals surface area contributed by atoms with Crippen molar-refractivity contribution in [3.8, 4) is 5.75 Å². The van der Waals surface area contributed by atoms with Crippen LogP contribution in [0.15, 0.2) is 24.3 Å². The van der Waals surface area contributed by atoms with E-state index in [9.17, 15) is 9.90 Å². The number of rotatable bonds is 4. The second-order valence-electron chi connectivity index (χ2n) is 6.47. The number of fused-ring (bicyclic) bond motifs is 1. The van der Waals surface area contributed by atoms with Gasteiger partial charge in [-0.25, -0.2) is 0 Å². The lowest BCUT2D eigenvalue weighted by Gasteiger charge is -2.37. The minimum absolute atomic E-state index is 0.223. The van der Waals surface area contributed by atoms with E-state index in [0.29, 0.717) is 0 Å². The SMILES string of the molecule is CC(C)(O)C(C)(C)NC(=O)/C=C/c1ccc2c(c1)CCO2. The highest BCUT2D eigenvalue weighted by Gasteiger charge is 2.35. The number of hydrogen-bond acceptors (Lipinski definition) is 3. The lowest BCUT2D eigenvalue weighted by molar-refractivity contribution is -0.121. The van der Waals surface area contributed by atoms with Crippen LogP contribution in [0.3, 0.4) is 0 Å². The van der Waals surface area contributed by atoms with Gasteiger partial charge in [0.2, 0.25) is 5.91 Å². The molecule has 1 aromatic carbocycles. The van der Waals surface area contributed by atoms with Gasteiger partial charge in [0.25, 0.3) is 0 Å². The number of amides is 1. The maximum atomic E-state index is 12.0. The Hall–Kier alpha value is -1.81. The lowest BCUT2D eigenvalue weighted by Crippen LogP contribution is -2.57. The van der Waals surface area contributed by atoms with E-state index < -0.39 is 11.1 Å². The summed E-state index contributed by atoms with van der Waals surface area (Å²) in [5.41, 5.74) is 0.437. The van der Waals surface area contributed by atoms with Gasteiger partial charge in [0.05, 0.1) is 17.7 Å². The van der Waals surface area contributed by atoms with Gasteiger partial charge in [-0.3, -0.25) is 4.79 Å². The third-order valence-electron chi connectivity index (χ3n) is 4.11. The van der Waals surface area contributed by atoms with Crippen LogP contribution in [0.25, 0.3) is 6.08 Å². The van der Waals surface area contributed by atoms with E-state index in [1.54, 1.807) is 33.8 Å². The molecule has 0 spiro atoms. The van der Waals surface area contributed by atoms with Gasteiger partial charge in [-0.1, -0.05) is 6.07 Å². The first-order valence-electron chi connectivity index (χ1n) is 7.17. The summed E-state index contributed by atoms with van der Waals surface area (Å²) in [4.78, 5) is 12.0. The lowest BCUT2D eigenvalue weighted by atomic mass is 9.86. The molecular formula is C17H23NO3. The summed E-state index contributed by atoms with van der Waals surface area (Å²) in [6, 6.07) is 5.89. The molecule has 0 radical (unpaired) electrons. The average Bonchev–Trinajstić information content (AvgIpc) is 2.81. The zero-order valence-corrected chi connectivity index (χ0v) is 13.1. The van der Waals surface area contributed by atoms with Gasteiger partial charge in [-0.15, -0.1) is 0 Å². The molecule has 1 heterocycles.